The van der Waals surface area contributed by atoms with E-state index < -0.39 is 0 Å². The first kappa shape index (κ1) is 6.62. The molecule has 1 saturated carbocycles. The maximum absolute atomic E-state index is 6.20. The molecule has 2 unspecified atom stereocenters. The molecular weight excluding hydrogens is 124 g/mol. The highest BCUT2D eigenvalue weighted by atomic mass is 15.0. The average molecular weight is 140 g/mol. The molecule has 2 rings (SSSR count). The van der Waals surface area contributed by atoms with Gasteiger partial charge < -0.3 is 11.1 Å². The van der Waals surface area contributed by atoms with Gasteiger partial charge in [-0.1, -0.05) is 12.8 Å². The van der Waals surface area contributed by atoms with Crippen LogP contribution in [0.2, 0.25) is 0 Å². The van der Waals surface area contributed by atoms with Crippen LogP contribution in [0.3, 0.4) is 0 Å². The third kappa shape index (κ3) is 0.867. The van der Waals surface area contributed by atoms with Gasteiger partial charge in [0.05, 0.1) is 0 Å². The van der Waals surface area contributed by atoms with Gasteiger partial charge >= 0.3 is 0 Å². The fraction of sp³-hybridized carbons (Fsp3) is 1.00. The van der Waals surface area contributed by atoms with Gasteiger partial charge in [-0.25, -0.2) is 0 Å². The lowest BCUT2D eigenvalue weighted by molar-refractivity contribution is 0.247. The van der Waals surface area contributed by atoms with Crippen LogP contribution >= 0.6 is 0 Å². The summed E-state index contributed by atoms with van der Waals surface area (Å²) in [6, 6.07) is 0. The van der Waals surface area contributed by atoms with Crippen molar-refractivity contribution >= 4 is 0 Å². The van der Waals surface area contributed by atoms with E-state index in [-0.39, 0.29) is 5.54 Å². The third-order valence-corrected chi connectivity index (χ3v) is 3.10. The maximum atomic E-state index is 6.20. The summed E-state index contributed by atoms with van der Waals surface area (Å²) in [5.41, 5.74) is 6.38. The number of hydrogen-bond acceptors (Lipinski definition) is 2. The fourth-order valence-corrected chi connectivity index (χ4v) is 2.35. The predicted octanol–water partition coefficient (Wildman–Crippen LogP) is 0.477. The van der Waals surface area contributed by atoms with E-state index in [1.807, 2.05) is 0 Å². The van der Waals surface area contributed by atoms with Crippen molar-refractivity contribution in [1.29, 1.82) is 0 Å². The van der Waals surface area contributed by atoms with E-state index in [2.05, 4.69) is 5.32 Å². The molecule has 1 aliphatic carbocycles. The van der Waals surface area contributed by atoms with E-state index in [0.717, 1.165) is 19.0 Å². The second kappa shape index (κ2) is 2.21. The van der Waals surface area contributed by atoms with E-state index in [0.29, 0.717) is 0 Å². The summed E-state index contributed by atoms with van der Waals surface area (Å²) in [7, 11) is 0. The standard InChI is InChI=1S/C8H16N2/c9-8-4-2-1-3-7(8)5-10-6-8/h7,10H,1-6,9H2. The zero-order valence-corrected chi connectivity index (χ0v) is 6.40. The van der Waals surface area contributed by atoms with Crippen LogP contribution in [0, 0.1) is 5.92 Å². The first-order valence-corrected chi connectivity index (χ1v) is 4.31. The van der Waals surface area contributed by atoms with Gasteiger partial charge in [-0.05, 0) is 25.3 Å². The molecule has 0 aromatic heterocycles. The van der Waals surface area contributed by atoms with Crippen molar-refractivity contribution in [3.63, 3.8) is 0 Å². The molecule has 10 heavy (non-hydrogen) atoms. The third-order valence-electron chi connectivity index (χ3n) is 3.10. The maximum Gasteiger partial charge on any atom is 0.0321 e. The van der Waals surface area contributed by atoms with Crippen LogP contribution in [0.4, 0.5) is 0 Å². The van der Waals surface area contributed by atoms with Crippen molar-refractivity contribution in [2.45, 2.75) is 31.2 Å². The predicted molar refractivity (Wildman–Crippen MR) is 41.7 cm³/mol. The minimum Gasteiger partial charge on any atom is -0.324 e. The van der Waals surface area contributed by atoms with Gasteiger partial charge in [-0.15, -0.1) is 0 Å². The van der Waals surface area contributed by atoms with E-state index in [1.165, 1.54) is 25.7 Å². The van der Waals surface area contributed by atoms with Crippen LogP contribution in [-0.2, 0) is 0 Å². The molecule has 2 atom stereocenters. The molecular formula is C8H16N2. The number of nitrogens with one attached hydrogen (secondary N) is 1. The smallest absolute Gasteiger partial charge is 0.0321 e. The Balaban J connectivity index is 2.10. The summed E-state index contributed by atoms with van der Waals surface area (Å²) in [6.45, 7) is 2.22. The highest BCUT2D eigenvalue weighted by molar-refractivity contribution is 5.01. The Morgan fingerprint density at radius 1 is 1.40 bits per heavy atom. The molecule has 3 N–H and O–H groups in total. The Morgan fingerprint density at radius 3 is 3.10 bits per heavy atom. The van der Waals surface area contributed by atoms with Crippen LogP contribution in [-0.4, -0.2) is 18.6 Å². The SMILES string of the molecule is NC12CCCCC1CNC2. The molecule has 0 aromatic carbocycles. The Kier molecular flexibility index (Phi) is 1.46. The van der Waals surface area contributed by atoms with Crippen molar-refractivity contribution in [3.8, 4) is 0 Å². The van der Waals surface area contributed by atoms with Crippen LogP contribution < -0.4 is 11.1 Å². The van der Waals surface area contributed by atoms with Crippen molar-refractivity contribution < 1.29 is 0 Å². The highest BCUT2D eigenvalue weighted by Crippen LogP contribution is 2.33. The van der Waals surface area contributed by atoms with Crippen LogP contribution in [0.1, 0.15) is 25.7 Å². The Bertz CT molecular complexity index is 135. The molecule has 2 nitrogen and oxygen atoms in total. The first-order chi connectivity index (χ1) is 4.81. The Labute approximate surface area is 62.2 Å². The molecule has 2 fully saturated rings. The molecule has 1 heterocycles. The lowest BCUT2D eigenvalue weighted by atomic mass is 9.76. The average Bonchev–Trinajstić information content (AvgIpc) is 2.29. The molecule has 0 aromatic rings. The molecule has 0 bridgehead atoms. The zero-order valence-electron chi connectivity index (χ0n) is 6.40. The number of rotatable bonds is 0. The van der Waals surface area contributed by atoms with Gasteiger partial charge in [0.25, 0.3) is 0 Å². The minimum atomic E-state index is 0.179. The van der Waals surface area contributed by atoms with Gasteiger partial charge in [-0.3, -0.25) is 0 Å². The van der Waals surface area contributed by atoms with Gasteiger partial charge in [0, 0.05) is 12.1 Å². The topological polar surface area (TPSA) is 38.0 Å². The summed E-state index contributed by atoms with van der Waals surface area (Å²) in [6.07, 6.45) is 5.33. The summed E-state index contributed by atoms with van der Waals surface area (Å²) in [5, 5.41) is 3.38. The quantitative estimate of drug-likeness (QED) is 0.513. The Hall–Kier alpha value is -0.0800. The van der Waals surface area contributed by atoms with Crippen molar-refractivity contribution in [1.82, 2.24) is 5.32 Å². The summed E-state index contributed by atoms with van der Waals surface area (Å²) in [5.74, 6) is 0.779. The molecule has 1 saturated heterocycles. The van der Waals surface area contributed by atoms with Crippen LogP contribution in [0.5, 0.6) is 0 Å². The Morgan fingerprint density at radius 2 is 2.30 bits per heavy atom. The molecule has 0 spiro atoms. The minimum absolute atomic E-state index is 0.179. The summed E-state index contributed by atoms with van der Waals surface area (Å²) < 4.78 is 0. The van der Waals surface area contributed by atoms with E-state index in [1.54, 1.807) is 0 Å². The van der Waals surface area contributed by atoms with E-state index in [9.17, 15) is 0 Å². The van der Waals surface area contributed by atoms with Crippen molar-refractivity contribution in [2.24, 2.45) is 11.7 Å². The highest BCUT2D eigenvalue weighted by Gasteiger charge is 2.40. The van der Waals surface area contributed by atoms with Gasteiger partial charge in [0.2, 0.25) is 0 Å². The lowest BCUT2D eigenvalue weighted by Gasteiger charge is -2.34. The second-order valence-corrected chi connectivity index (χ2v) is 3.81. The van der Waals surface area contributed by atoms with Crippen LogP contribution in [0.25, 0.3) is 0 Å². The number of fused-ring (bicyclic) bond motifs is 1. The molecule has 58 valence electrons. The van der Waals surface area contributed by atoms with E-state index in [4.69, 9.17) is 5.73 Å². The number of nitrogens with two attached hydrogens (primary N) is 1. The molecule has 0 radical (unpaired) electrons. The molecule has 0 amide bonds. The van der Waals surface area contributed by atoms with Gasteiger partial charge in [0.15, 0.2) is 0 Å². The summed E-state index contributed by atoms with van der Waals surface area (Å²) in [4.78, 5) is 0. The lowest BCUT2D eigenvalue weighted by Crippen LogP contribution is -2.49. The summed E-state index contributed by atoms with van der Waals surface area (Å²) >= 11 is 0. The van der Waals surface area contributed by atoms with Crippen molar-refractivity contribution in [3.05, 3.63) is 0 Å². The second-order valence-electron chi connectivity index (χ2n) is 3.81. The zero-order chi connectivity index (χ0) is 7.03. The monoisotopic (exact) mass is 140 g/mol. The van der Waals surface area contributed by atoms with Crippen LogP contribution in [0.15, 0.2) is 0 Å². The molecule has 1 aliphatic heterocycles. The normalized spacial score (nSPS) is 47.1. The van der Waals surface area contributed by atoms with E-state index >= 15 is 0 Å². The number of hydrogen-bond donors (Lipinski definition) is 2. The van der Waals surface area contributed by atoms with Gasteiger partial charge in [0.1, 0.15) is 0 Å². The fourth-order valence-electron chi connectivity index (χ4n) is 2.35. The van der Waals surface area contributed by atoms with Crippen molar-refractivity contribution in [2.75, 3.05) is 13.1 Å². The first-order valence-electron chi connectivity index (χ1n) is 4.31. The largest absolute Gasteiger partial charge is 0.324 e. The van der Waals surface area contributed by atoms with Gasteiger partial charge in [-0.2, -0.15) is 0 Å². The molecule has 2 heteroatoms. The molecule has 2 aliphatic rings.